The van der Waals surface area contributed by atoms with Gasteiger partial charge in [-0.1, -0.05) is 6.92 Å². The molecule has 0 saturated carbocycles. The van der Waals surface area contributed by atoms with Crippen molar-refractivity contribution in [2.75, 3.05) is 26.7 Å². The number of carbonyl (C=O) groups excluding carboxylic acids is 1. The van der Waals surface area contributed by atoms with Gasteiger partial charge in [0.05, 0.1) is 5.56 Å². The van der Waals surface area contributed by atoms with Crippen molar-refractivity contribution in [3.8, 4) is 0 Å². The quantitative estimate of drug-likeness (QED) is 0.863. The summed E-state index contributed by atoms with van der Waals surface area (Å²) < 4.78 is 0. The summed E-state index contributed by atoms with van der Waals surface area (Å²) in [6, 6.07) is 3.24. The Morgan fingerprint density at radius 3 is 2.84 bits per heavy atom. The molecule has 2 rings (SSSR count). The van der Waals surface area contributed by atoms with Gasteiger partial charge >= 0.3 is 0 Å². The molecular weight excluding hydrogens is 242 g/mol. The maximum absolute atomic E-state index is 12.5. The van der Waals surface area contributed by atoms with Crippen LogP contribution in [0.25, 0.3) is 0 Å². The van der Waals surface area contributed by atoms with Gasteiger partial charge in [0.15, 0.2) is 0 Å². The number of likely N-dealkylation sites (N-methyl/N-ethyl adjacent to an activating group) is 1. The monoisotopic (exact) mass is 263 g/mol. The van der Waals surface area contributed by atoms with E-state index in [9.17, 15) is 9.59 Å². The summed E-state index contributed by atoms with van der Waals surface area (Å²) in [5.41, 5.74) is 0.377. The minimum Gasteiger partial charge on any atom is -0.334 e. The molecule has 0 aliphatic carbocycles. The van der Waals surface area contributed by atoms with E-state index < -0.39 is 0 Å². The fourth-order valence-corrected chi connectivity index (χ4v) is 2.57. The molecule has 1 aliphatic rings. The highest BCUT2D eigenvalue weighted by Crippen LogP contribution is 2.15. The Balaban J connectivity index is 2.20. The van der Waals surface area contributed by atoms with Gasteiger partial charge in [0, 0.05) is 31.4 Å². The average molecular weight is 263 g/mol. The van der Waals surface area contributed by atoms with E-state index in [0.29, 0.717) is 5.56 Å². The van der Waals surface area contributed by atoms with Crippen LogP contribution >= 0.6 is 0 Å². The van der Waals surface area contributed by atoms with Crippen LogP contribution in [0.1, 0.15) is 30.1 Å². The minimum absolute atomic E-state index is 0.0124. The first-order chi connectivity index (χ1) is 9.11. The average Bonchev–Trinajstić information content (AvgIpc) is 2.60. The van der Waals surface area contributed by atoms with Crippen molar-refractivity contribution in [1.29, 1.82) is 0 Å². The van der Waals surface area contributed by atoms with E-state index in [0.717, 1.165) is 32.5 Å². The van der Waals surface area contributed by atoms with Gasteiger partial charge in [0.2, 0.25) is 5.56 Å². The molecule has 1 amide bonds. The third-order valence-electron chi connectivity index (χ3n) is 3.67. The molecule has 5 nitrogen and oxygen atoms in total. The highest BCUT2D eigenvalue weighted by atomic mass is 16.2. The van der Waals surface area contributed by atoms with Crippen molar-refractivity contribution in [1.82, 2.24) is 14.8 Å². The highest BCUT2D eigenvalue weighted by Gasteiger charge is 2.26. The van der Waals surface area contributed by atoms with E-state index in [1.165, 1.54) is 12.3 Å². The lowest BCUT2D eigenvalue weighted by atomic mass is 10.1. The highest BCUT2D eigenvalue weighted by molar-refractivity contribution is 5.94. The van der Waals surface area contributed by atoms with E-state index in [1.807, 2.05) is 4.90 Å². The Bertz CT molecular complexity index is 477. The molecule has 2 heterocycles. The minimum atomic E-state index is -0.181. The van der Waals surface area contributed by atoms with Gasteiger partial charge in [-0.15, -0.1) is 0 Å². The number of hydrogen-bond acceptors (Lipinski definition) is 3. The molecule has 1 aliphatic heterocycles. The van der Waals surface area contributed by atoms with Crippen LogP contribution in [0.4, 0.5) is 0 Å². The molecule has 0 radical (unpaired) electrons. The number of hydrogen-bond donors (Lipinski definition) is 1. The molecule has 1 aromatic heterocycles. The Morgan fingerprint density at radius 2 is 2.21 bits per heavy atom. The van der Waals surface area contributed by atoms with E-state index in [-0.39, 0.29) is 17.5 Å². The van der Waals surface area contributed by atoms with Gasteiger partial charge in [0.25, 0.3) is 5.91 Å². The van der Waals surface area contributed by atoms with Crippen LogP contribution in [0, 0.1) is 0 Å². The number of carbonyl (C=O) groups is 1. The number of H-pyrrole nitrogens is 1. The second kappa shape index (κ2) is 6.02. The summed E-state index contributed by atoms with van der Waals surface area (Å²) >= 11 is 0. The Labute approximate surface area is 113 Å². The Morgan fingerprint density at radius 1 is 1.42 bits per heavy atom. The molecule has 1 atom stereocenters. The van der Waals surface area contributed by atoms with Crippen LogP contribution in [0.3, 0.4) is 0 Å². The van der Waals surface area contributed by atoms with E-state index in [1.54, 1.807) is 6.07 Å². The molecule has 0 spiro atoms. The first-order valence-corrected chi connectivity index (χ1v) is 6.80. The van der Waals surface area contributed by atoms with E-state index in [4.69, 9.17) is 0 Å². The molecule has 19 heavy (non-hydrogen) atoms. The third-order valence-corrected chi connectivity index (χ3v) is 3.67. The topological polar surface area (TPSA) is 56.4 Å². The number of aromatic amines is 1. The molecule has 0 aromatic carbocycles. The van der Waals surface area contributed by atoms with Crippen LogP contribution in [0.5, 0.6) is 0 Å². The summed E-state index contributed by atoms with van der Waals surface area (Å²) in [6.45, 7) is 4.81. The molecular formula is C14H21N3O2. The zero-order valence-corrected chi connectivity index (χ0v) is 11.6. The SMILES string of the molecule is CCC1CN(C)CCCN1C(=O)c1ccc(=O)[nH]c1. The summed E-state index contributed by atoms with van der Waals surface area (Å²) in [7, 11) is 2.09. The molecule has 1 aromatic rings. The molecule has 0 bridgehead atoms. The van der Waals surface area contributed by atoms with Crippen LogP contribution in [0.2, 0.25) is 0 Å². The second-order valence-electron chi connectivity index (χ2n) is 5.12. The van der Waals surface area contributed by atoms with Crippen molar-refractivity contribution in [3.63, 3.8) is 0 Å². The Kier molecular flexibility index (Phi) is 4.37. The summed E-state index contributed by atoms with van der Waals surface area (Å²) in [4.78, 5) is 30.4. The number of amides is 1. The maximum atomic E-state index is 12.5. The van der Waals surface area contributed by atoms with Crippen LogP contribution in [-0.2, 0) is 0 Å². The largest absolute Gasteiger partial charge is 0.334 e. The summed E-state index contributed by atoms with van der Waals surface area (Å²) in [5.74, 6) is 0.0124. The molecule has 1 fully saturated rings. The van der Waals surface area contributed by atoms with E-state index in [2.05, 4.69) is 23.9 Å². The van der Waals surface area contributed by atoms with Gasteiger partial charge in [0.1, 0.15) is 0 Å². The molecule has 1 unspecified atom stereocenters. The smallest absolute Gasteiger partial charge is 0.255 e. The molecule has 5 heteroatoms. The summed E-state index contributed by atoms with van der Waals surface area (Å²) in [5, 5.41) is 0. The molecule has 104 valence electrons. The van der Waals surface area contributed by atoms with Gasteiger partial charge in [-0.3, -0.25) is 9.59 Å². The fourth-order valence-electron chi connectivity index (χ4n) is 2.57. The number of aromatic nitrogens is 1. The number of pyridine rings is 1. The first kappa shape index (κ1) is 13.8. The van der Waals surface area contributed by atoms with Crippen LogP contribution < -0.4 is 5.56 Å². The van der Waals surface area contributed by atoms with Crippen molar-refractivity contribution in [2.45, 2.75) is 25.8 Å². The lowest BCUT2D eigenvalue weighted by Crippen LogP contribution is -2.43. The lowest BCUT2D eigenvalue weighted by Gasteiger charge is -2.30. The zero-order valence-electron chi connectivity index (χ0n) is 11.6. The van der Waals surface area contributed by atoms with Crippen molar-refractivity contribution in [2.24, 2.45) is 0 Å². The number of nitrogens with one attached hydrogen (secondary N) is 1. The number of rotatable bonds is 2. The van der Waals surface area contributed by atoms with Crippen molar-refractivity contribution < 1.29 is 4.79 Å². The lowest BCUT2D eigenvalue weighted by molar-refractivity contribution is 0.0675. The van der Waals surface area contributed by atoms with Gasteiger partial charge in [-0.25, -0.2) is 0 Å². The molecule has 1 N–H and O–H groups in total. The summed E-state index contributed by atoms with van der Waals surface area (Å²) in [6.07, 6.45) is 3.44. The predicted octanol–water partition coefficient (Wildman–Crippen LogP) is 0.931. The van der Waals surface area contributed by atoms with Gasteiger partial charge in [-0.2, -0.15) is 0 Å². The zero-order chi connectivity index (χ0) is 13.8. The van der Waals surface area contributed by atoms with Gasteiger partial charge in [-0.05, 0) is 32.5 Å². The molecule has 1 saturated heterocycles. The second-order valence-corrected chi connectivity index (χ2v) is 5.12. The predicted molar refractivity (Wildman–Crippen MR) is 74.3 cm³/mol. The fraction of sp³-hybridized carbons (Fsp3) is 0.571. The van der Waals surface area contributed by atoms with Crippen molar-refractivity contribution in [3.05, 3.63) is 34.2 Å². The van der Waals surface area contributed by atoms with Gasteiger partial charge < -0.3 is 14.8 Å². The first-order valence-electron chi connectivity index (χ1n) is 6.80. The Hall–Kier alpha value is -1.62. The van der Waals surface area contributed by atoms with E-state index >= 15 is 0 Å². The normalized spacial score (nSPS) is 21.2. The maximum Gasteiger partial charge on any atom is 0.255 e. The van der Waals surface area contributed by atoms with Crippen LogP contribution in [-0.4, -0.2) is 53.4 Å². The third kappa shape index (κ3) is 3.23. The van der Waals surface area contributed by atoms with Crippen LogP contribution in [0.15, 0.2) is 23.1 Å². The van der Waals surface area contributed by atoms with Crippen molar-refractivity contribution >= 4 is 5.91 Å². The standard InChI is InChI=1S/C14H21N3O2/c1-3-12-10-16(2)7-4-8-17(12)14(19)11-5-6-13(18)15-9-11/h5-6,9,12H,3-4,7-8,10H2,1-2H3,(H,15,18). The number of nitrogens with zero attached hydrogens (tertiary/aromatic N) is 2.